The zero-order valence-electron chi connectivity index (χ0n) is 16.3. The lowest BCUT2D eigenvalue weighted by molar-refractivity contribution is -0.153. The van der Waals surface area contributed by atoms with Crippen LogP contribution in [0.4, 0.5) is 0 Å². The predicted octanol–water partition coefficient (Wildman–Crippen LogP) is 4.61. The Hall–Kier alpha value is -1.17. The van der Waals surface area contributed by atoms with Crippen LogP contribution in [0.25, 0.3) is 0 Å². The van der Waals surface area contributed by atoms with E-state index in [1.165, 1.54) is 11.1 Å². The minimum Gasteiger partial charge on any atom is -0.822 e. The van der Waals surface area contributed by atoms with Crippen molar-refractivity contribution in [2.45, 2.75) is 66.2 Å². The number of hydrogen-bond acceptors (Lipinski definition) is 1. The first-order valence-electron chi connectivity index (χ1n) is 8.61. The van der Waals surface area contributed by atoms with Gasteiger partial charge in [-0.1, -0.05) is 77.9 Å². The first-order valence-corrected chi connectivity index (χ1v) is 9.87. The molecule has 0 radical (unpaired) electrons. The van der Waals surface area contributed by atoms with Crippen LogP contribution >= 0.6 is 8.15 Å². The van der Waals surface area contributed by atoms with Gasteiger partial charge in [0.25, 0.3) is 0 Å². The Labute approximate surface area is 149 Å². The molecular formula is C22H30OP-. The molecule has 0 saturated carbocycles. The molecule has 0 bridgehead atoms. The summed E-state index contributed by atoms with van der Waals surface area (Å²) in [6.45, 7) is 17.3. The maximum Gasteiger partial charge on any atom is -0.0132 e. The van der Waals surface area contributed by atoms with E-state index in [0.717, 1.165) is 21.7 Å². The molecule has 24 heavy (non-hydrogen) atoms. The molecule has 0 aliphatic carbocycles. The van der Waals surface area contributed by atoms with Gasteiger partial charge in [-0.25, -0.2) is 0 Å². The molecule has 2 aromatic rings. The van der Waals surface area contributed by atoms with Crippen LogP contribution < -0.4 is 15.5 Å². The van der Waals surface area contributed by atoms with Crippen molar-refractivity contribution in [1.29, 1.82) is 0 Å². The summed E-state index contributed by atoms with van der Waals surface area (Å²) < 4.78 is 0. The van der Waals surface area contributed by atoms with Gasteiger partial charge in [-0.2, -0.15) is 0 Å². The molecular weight excluding hydrogens is 311 g/mol. The molecule has 0 atom stereocenters. The number of rotatable bonds is 2. The molecule has 0 fully saturated rings. The van der Waals surface area contributed by atoms with Gasteiger partial charge in [0.05, 0.1) is 0 Å². The van der Waals surface area contributed by atoms with Gasteiger partial charge in [0, 0.05) is 0 Å². The predicted molar refractivity (Wildman–Crippen MR) is 106 cm³/mol. The van der Waals surface area contributed by atoms with E-state index in [1.54, 1.807) is 0 Å². The van der Waals surface area contributed by atoms with E-state index in [-0.39, 0.29) is 10.8 Å². The summed E-state index contributed by atoms with van der Waals surface area (Å²) in [5, 5.41) is 1.93. The van der Waals surface area contributed by atoms with Crippen LogP contribution in [0, 0.1) is 13.8 Å². The van der Waals surface area contributed by atoms with Gasteiger partial charge >= 0.3 is 0 Å². The third-order valence-electron chi connectivity index (χ3n) is 4.59. The standard InChI is InChI=1S/C22H30OP/c1-15-9-11-17(21(3,4)5)13-19(15)24(23)20-14-18(22(6,7)8)12-10-16(20)2/h9-14H,1-8H3/q-1. The van der Waals surface area contributed by atoms with Gasteiger partial charge in [-0.15, -0.1) is 8.15 Å². The van der Waals surface area contributed by atoms with E-state index >= 15 is 0 Å². The van der Waals surface area contributed by atoms with Crippen LogP contribution in [0.5, 0.6) is 0 Å². The smallest absolute Gasteiger partial charge is 0.0132 e. The lowest BCUT2D eigenvalue weighted by Crippen LogP contribution is -2.27. The zero-order valence-corrected chi connectivity index (χ0v) is 17.2. The van der Waals surface area contributed by atoms with Crippen molar-refractivity contribution in [3.63, 3.8) is 0 Å². The summed E-state index contributed by atoms with van der Waals surface area (Å²) in [4.78, 5) is 13.4. The number of benzene rings is 2. The van der Waals surface area contributed by atoms with E-state index < -0.39 is 8.15 Å². The molecule has 0 heterocycles. The van der Waals surface area contributed by atoms with Crippen LogP contribution in [-0.4, -0.2) is 0 Å². The van der Waals surface area contributed by atoms with Gasteiger partial charge in [0.2, 0.25) is 0 Å². The van der Waals surface area contributed by atoms with Crippen LogP contribution in [0.1, 0.15) is 63.8 Å². The first kappa shape index (κ1) is 19.2. The zero-order chi connectivity index (χ0) is 18.3. The maximum atomic E-state index is 13.4. The van der Waals surface area contributed by atoms with Crippen molar-refractivity contribution in [2.75, 3.05) is 0 Å². The first-order chi connectivity index (χ1) is 10.9. The van der Waals surface area contributed by atoms with Gasteiger partial charge in [0.1, 0.15) is 0 Å². The lowest BCUT2D eigenvalue weighted by atomic mass is 9.87. The molecule has 0 N–H and O–H groups in total. The third kappa shape index (κ3) is 4.08. The maximum absolute atomic E-state index is 13.4. The minimum absolute atomic E-state index is 0.0565. The van der Waals surface area contributed by atoms with Crippen molar-refractivity contribution < 1.29 is 4.89 Å². The van der Waals surface area contributed by atoms with Crippen LogP contribution in [0.15, 0.2) is 36.4 Å². The Balaban J connectivity index is 2.55. The summed E-state index contributed by atoms with van der Waals surface area (Å²) in [5.74, 6) is 0. The van der Waals surface area contributed by atoms with Crippen LogP contribution in [0.2, 0.25) is 0 Å². The van der Waals surface area contributed by atoms with E-state index in [9.17, 15) is 4.89 Å². The molecule has 0 aliphatic heterocycles. The molecule has 0 aromatic heterocycles. The lowest BCUT2D eigenvalue weighted by Gasteiger charge is -2.31. The second-order valence-corrected chi connectivity index (χ2v) is 10.3. The van der Waals surface area contributed by atoms with E-state index in [2.05, 4.69) is 91.8 Å². The Bertz CT molecular complexity index is 669. The highest BCUT2D eigenvalue weighted by Crippen LogP contribution is 2.32. The van der Waals surface area contributed by atoms with Crippen molar-refractivity contribution >= 4 is 18.8 Å². The average Bonchev–Trinajstić information content (AvgIpc) is 2.45. The van der Waals surface area contributed by atoms with Crippen molar-refractivity contribution in [2.24, 2.45) is 0 Å². The largest absolute Gasteiger partial charge is 0.822 e. The Kier molecular flexibility index (Phi) is 5.28. The van der Waals surface area contributed by atoms with Gasteiger partial charge in [-0.05, 0) is 57.5 Å². The highest BCUT2D eigenvalue weighted by atomic mass is 31.1. The Morgan fingerprint density at radius 3 is 1.29 bits per heavy atom. The average molecular weight is 341 g/mol. The monoisotopic (exact) mass is 341 g/mol. The number of aryl methyl sites for hydroxylation is 2. The summed E-state index contributed by atoms with van der Waals surface area (Å²) >= 11 is 0. The summed E-state index contributed by atoms with van der Waals surface area (Å²) in [6.07, 6.45) is 0. The topological polar surface area (TPSA) is 23.1 Å². The fourth-order valence-corrected chi connectivity index (χ4v) is 4.28. The minimum atomic E-state index is -1.59. The molecule has 2 heteroatoms. The van der Waals surface area contributed by atoms with Gasteiger partial charge in [-0.3, -0.25) is 0 Å². The highest BCUT2D eigenvalue weighted by molar-refractivity contribution is 7.66. The van der Waals surface area contributed by atoms with Crippen LogP contribution in [0.3, 0.4) is 0 Å². The van der Waals surface area contributed by atoms with E-state index in [1.807, 2.05) is 0 Å². The molecule has 130 valence electrons. The summed E-state index contributed by atoms with van der Waals surface area (Å²) in [5.41, 5.74) is 4.78. The van der Waals surface area contributed by atoms with Crippen molar-refractivity contribution in [1.82, 2.24) is 0 Å². The van der Waals surface area contributed by atoms with E-state index in [0.29, 0.717) is 0 Å². The molecule has 2 aromatic carbocycles. The molecule has 1 nitrogen and oxygen atoms in total. The molecule has 0 saturated heterocycles. The SMILES string of the molecule is Cc1ccc(C(C)(C)C)cc1P([O-])c1cc(C(C)(C)C)ccc1C. The molecule has 0 spiro atoms. The summed E-state index contributed by atoms with van der Waals surface area (Å²) in [6, 6.07) is 12.8. The van der Waals surface area contributed by atoms with Crippen molar-refractivity contribution in [3.8, 4) is 0 Å². The molecule has 2 rings (SSSR count). The van der Waals surface area contributed by atoms with Gasteiger partial charge < -0.3 is 4.89 Å². The Morgan fingerprint density at radius 1 is 0.667 bits per heavy atom. The third-order valence-corrected chi connectivity index (χ3v) is 6.43. The quantitative estimate of drug-likeness (QED) is 0.732. The second-order valence-electron chi connectivity index (χ2n) is 8.80. The normalized spacial score (nSPS) is 12.8. The molecule has 0 amide bonds. The fraction of sp³-hybridized carbons (Fsp3) is 0.455. The fourth-order valence-electron chi connectivity index (χ4n) is 2.72. The van der Waals surface area contributed by atoms with Crippen molar-refractivity contribution in [3.05, 3.63) is 58.7 Å². The Morgan fingerprint density at radius 2 is 1.00 bits per heavy atom. The molecule has 0 unspecified atom stereocenters. The second kappa shape index (κ2) is 6.62. The molecule has 0 aliphatic rings. The summed E-state index contributed by atoms with van der Waals surface area (Å²) in [7, 11) is -1.59. The highest BCUT2D eigenvalue weighted by Gasteiger charge is 2.18. The number of hydrogen-bond donors (Lipinski definition) is 0. The van der Waals surface area contributed by atoms with E-state index in [4.69, 9.17) is 0 Å². The van der Waals surface area contributed by atoms with Crippen LogP contribution in [-0.2, 0) is 10.8 Å². The van der Waals surface area contributed by atoms with Gasteiger partial charge in [0.15, 0.2) is 0 Å².